The maximum absolute atomic E-state index is 9.22. The number of aliphatic hydroxyl groups excluding tert-OH is 1. The molecule has 0 fully saturated rings. The molecule has 0 aliphatic carbocycles. The highest BCUT2D eigenvalue weighted by molar-refractivity contribution is 6.06. The summed E-state index contributed by atoms with van der Waals surface area (Å²) in [6, 6.07) is 14.5. The predicted molar refractivity (Wildman–Crippen MR) is 77.4 cm³/mol. The van der Waals surface area contributed by atoms with Crippen LogP contribution < -0.4 is 4.90 Å². The molecule has 2 heterocycles. The van der Waals surface area contributed by atoms with Gasteiger partial charge in [0, 0.05) is 29.5 Å². The lowest BCUT2D eigenvalue weighted by molar-refractivity contribution is 0.302. The Kier molecular flexibility index (Phi) is 2.23. The molecule has 0 bridgehead atoms. The molecule has 1 aliphatic heterocycles. The second-order valence-corrected chi connectivity index (χ2v) is 4.92. The maximum atomic E-state index is 9.22. The highest BCUT2D eigenvalue weighted by atomic mass is 16.3. The summed E-state index contributed by atoms with van der Waals surface area (Å²) >= 11 is 0. The number of hydrogen-bond acceptors (Lipinski definition) is 3. The van der Waals surface area contributed by atoms with Crippen molar-refractivity contribution in [1.29, 1.82) is 0 Å². The number of para-hydroxylation sites is 1. The van der Waals surface area contributed by atoms with E-state index >= 15 is 0 Å². The molecule has 94 valence electrons. The first-order chi connectivity index (χ1) is 9.38. The van der Waals surface area contributed by atoms with Crippen LogP contribution in [0.25, 0.3) is 21.8 Å². The van der Waals surface area contributed by atoms with Crippen molar-refractivity contribution >= 4 is 27.5 Å². The third kappa shape index (κ3) is 1.45. The standard InChI is InChI=1S/C16H14N2O/c19-9-8-18-10-12-11-4-1-2-5-13(11)17-14-6-3-7-15(18)16(12)14/h1-7,19H,8-10H2. The van der Waals surface area contributed by atoms with Crippen LogP contribution in [-0.2, 0) is 6.54 Å². The summed E-state index contributed by atoms with van der Waals surface area (Å²) in [4.78, 5) is 6.97. The van der Waals surface area contributed by atoms with E-state index in [0.29, 0.717) is 6.54 Å². The van der Waals surface area contributed by atoms with E-state index in [1.54, 1.807) is 0 Å². The van der Waals surface area contributed by atoms with Crippen molar-refractivity contribution in [3.63, 3.8) is 0 Å². The van der Waals surface area contributed by atoms with E-state index in [1.165, 1.54) is 22.0 Å². The van der Waals surface area contributed by atoms with Crippen LogP contribution in [0.5, 0.6) is 0 Å². The quantitative estimate of drug-likeness (QED) is 0.710. The van der Waals surface area contributed by atoms with Gasteiger partial charge in [0.2, 0.25) is 0 Å². The van der Waals surface area contributed by atoms with Crippen LogP contribution in [0.4, 0.5) is 5.69 Å². The largest absolute Gasteiger partial charge is 0.395 e. The zero-order valence-corrected chi connectivity index (χ0v) is 10.5. The summed E-state index contributed by atoms with van der Waals surface area (Å²) in [6.45, 7) is 1.71. The molecule has 0 amide bonds. The Morgan fingerprint density at radius 2 is 1.89 bits per heavy atom. The highest BCUT2D eigenvalue weighted by Gasteiger charge is 2.23. The second kappa shape index (κ2) is 3.93. The van der Waals surface area contributed by atoms with E-state index < -0.39 is 0 Å². The van der Waals surface area contributed by atoms with Crippen LogP contribution in [0.2, 0.25) is 0 Å². The van der Waals surface area contributed by atoms with Gasteiger partial charge in [0.05, 0.1) is 17.6 Å². The Morgan fingerprint density at radius 3 is 2.79 bits per heavy atom. The number of pyridine rings is 1. The molecule has 2 aromatic carbocycles. The number of β-amino-alcohol motifs (C(OH)–C–C–N with tert-alkyl or cyclic N) is 1. The van der Waals surface area contributed by atoms with Gasteiger partial charge in [0.25, 0.3) is 0 Å². The van der Waals surface area contributed by atoms with E-state index in [-0.39, 0.29) is 6.61 Å². The lowest BCUT2D eigenvalue weighted by Gasteiger charge is -2.17. The summed E-state index contributed by atoms with van der Waals surface area (Å²) in [5, 5.41) is 11.7. The summed E-state index contributed by atoms with van der Waals surface area (Å²) in [5.74, 6) is 0. The fraction of sp³-hybridized carbons (Fsp3) is 0.188. The van der Waals surface area contributed by atoms with E-state index in [1.807, 2.05) is 12.1 Å². The van der Waals surface area contributed by atoms with Crippen molar-refractivity contribution in [1.82, 2.24) is 4.98 Å². The van der Waals surface area contributed by atoms with Crippen molar-refractivity contribution in [3.8, 4) is 0 Å². The van der Waals surface area contributed by atoms with E-state index in [0.717, 1.165) is 17.6 Å². The topological polar surface area (TPSA) is 36.4 Å². The van der Waals surface area contributed by atoms with E-state index in [9.17, 15) is 5.11 Å². The number of nitrogens with zero attached hydrogens (tertiary/aromatic N) is 2. The minimum Gasteiger partial charge on any atom is -0.395 e. The molecule has 4 rings (SSSR count). The Balaban J connectivity index is 2.10. The van der Waals surface area contributed by atoms with Gasteiger partial charge in [0.15, 0.2) is 0 Å². The molecule has 3 aromatic rings. The van der Waals surface area contributed by atoms with Gasteiger partial charge in [-0.2, -0.15) is 0 Å². The fourth-order valence-corrected chi connectivity index (χ4v) is 3.05. The predicted octanol–water partition coefficient (Wildman–Crippen LogP) is 2.70. The monoisotopic (exact) mass is 250 g/mol. The highest BCUT2D eigenvalue weighted by Crippen LogP contribution is 2.39. The number of hydrogen-bond donors (Lipinski definition) is 1. The molecule has 1 N–H and O–H groups in total. The molecule has 3 nitrogen and oxygen atoms in total. The van der Waals surface area contributed by atoms with Crippen molar-refractivity contribution in [2.24, 2.45) is 0 Å². The molecule has 19 heavy (non-hydrogen) atoms. The van der Waals surface area contributed by atoms with Crippen LogP contribution in [0, 0.1) is 0 Å². The van der Waals surface area contributed by atoms with E-state index in [4.69, 9.17) is 4.98 Å². The number of fused-ring (bicyclic) bond motifs is 2. The van der Waals surface area contributed by atoms with Crippen LogP contribution in [0.1, 0.15) is 5.56 Å². The first kappa shape index (κ1) is 10.8. The second-order valence-electron chi connectivity index (χ2n) is 4.92. The molecular weight excluding hydrogens is 236 g/mol. The third-order valence-corrected chi connectivity index (χ3v) is 3.85. The molecular formula is C16H14N2O. The number of benzene rings is 2. The first-order valence-electron chi connectivity index (χ1n) is 6.54. The summed E-state index contributed by atoms with van der Waals surface area (Å²) < 4.78 is 0. The zero-order chi connectivity index (χ0) is 12.8. The van der Waals surface area contributed by atoms with Gasteiger partial charge in [-0.3, -0.25) is 0 Å². The number of anilines is 1. The smallest absolute Gasteiger partial charge is 0.0734 e. The summed E-state index contributed by atoms with van der Waals surface area (Å²) in [7, 11) is 0. The average Bonchev–Trinajstić information content (AvgIpc) is 2.81. The Labute approximate surface area is 111 Å². The normalized spacial score (nSPS) is 13.6. The number of rotatable bonds is 2. The Hall–Kier alpha value is -2.13. The van der Waals surface area contributed by atoms with Gasteiger partial charge in [-0.25, -0.2) is 4.98 Å². The van der Waals surface area contributed by atoms with Gasteiger partial charge in [0.1, 0.15) is 0 Å². The minimum atomic E-state index is 0.176. The Morgan fingerprint density at radius 1 is 1.05 bits per heavy atom. The van der Waals surface area contributed by atoms with Crippen molar-refractivity contribution in [3.05, 3.63) is 48.0 Å². The molecule has 0 atom stereocenters. The van der Waals surface area contributed by atoms with Crippen molar-refractivity contribution < 1.29 is 5.11 Å². The maximum Gasteiger partial charge on any atom is 0.0734 e. The zero-order valence-electron chi connectivity index (χ0n) is 10.5. The van der Waals surface area contributed by atoms with Crippen LogP contribution in [0.15, 0.2) is 42.5 Å². The van der Waals surface area contributed by atoms with Crippen LogP contribution in [0.3, 0.4) is 0 Å². The average molecular weight is 250 g/mol. The summed E-state index contributed by atoms with van der Waals surface area (Å²) in [5.41, 5.74) is 4.63. The van der Waals surface area contributed by atoms with Gasteiger partial charge in [-0.15, -0.1) is 0 Å². The van der Waals surface area contributed by atoms with Crippen LogP contribution >= 0.6 is 0 Å². The van der Waals surface area contributed by atoms with Gasteiger partial charge < -0.3 is 10.0 Å². The molecule has 0 radical (unpaired) electrons. The first-order valence-corrected chi connectivity index (χ1v) is 6.54. The lowest BCUT2D eigenvalue weighted by Crippen LogP contribution is -2.22. The minimum absolute atomic E-state index is 0.176. The SMILES string of the molecule is OCCN1Cc2c3ccccc3nc3cccc1c23. The lowest BCUT2D eigenvalue weighted by atomic mass is 10.0. The number of aromatic nitrogens is 1. The fourth-order valence-electron chi connectivity index (χ4n) is 3.05. The van der Waals surface area contributed by atoms with Crippen LogP contribution in [-0.4, -0.2) is 23.2 Å². The third-order valence-electron chi connectivity index (χ3n) is 3.85. The molecule has 1 aromatic heterocycles. The molecule has 0 unspecified atom stereocenters. The molecule has 3 heteroatoms. The van der Waals surface area contributed by atoms with Gasteiger partial charge in [-0.05, 0) is 23.8 Å². The molecule has 0 spiro atoms. The Bertz CT molecular complexity index is 782. The van der Waals surface area contributed by atoms with Crippen molar-refractivity contribution in [2.75, 3.05) is 18.1 Å². The van der Waals surface area contributed by atoms with Gasteiger partial charge >= 0.3 is 0 Å². The van der Waals surface area contributed by atoms with Gasteiger partial charge in [-0.1, -0.05) is 24.3 Å². The molecule has 1 aliphatic rings. The van der Waals surface area contributed by atoms with E-state index in [2.05, 4.69) is 35.2 Å². The summed E-state index contributed by atoms with van der Waals surface area (Å²) in [6.07, 6.45) is 0. The van der Waals surface area contributed by atoms with Crippen molar-refractivity contribution in [2.45, 2.75) is 6.54 Å². The molecule has 0 saturated carbocycles. The molecule has 0 saturated heterocycles. The number of aliphatic hydroxyl groups is 1.